The molecule has 31 heavy (non-hydrogen) atoms. The molecule has 1 atom stereocenters. The van der Waals surface area contributed by atoms with Gasteiger partial charge >= 0.3 is 0 Å². The smallest absolute Gasteiger partial charge is 0.263 e. The van der Waals surface area contributed by atoms with E-state index in [4.69, 9.17) is 10.5 Å². The van der Waals surface area contributed by atoms with E-state index in [0.717, 1.165) is 6.07 Å². The summed E-state index contributed by atoms with van der Waals surface area (Å²) < 4.78 is 47.9. The van der Waals surface area contributed by atoms with E-state index in [1.807, 2.05) is 0 Å². The van der Waals surface area contributed by atoms with E-state index < -0.39 is 24.2 Å². The van der Waals surface area contributed by atoms with Gasteiger partial charge in [0.05, 0.1) is 35.2 Å². The van der Waals surface area contributed by atoms with Crippen molar-refractivity contribution in [3.8, 4) is 5.75 Å². The fraction of sp³-hybridized carbons (Fsp3) is 0.190. The van der Waals surface area contributed by atoms with Crippen molar-refractivity contribution in [1.82, 2.24) is 19.3 Å². The predicted molar refractivity (Wildman–Crippen MR) is 107 cm³/mol. The fourth-order valence-corrected chi connectivity index (χ4v) is 3.86. The SMILES string of the molecule is CN(C(=O)c1cc2c(cc1F)nc(N)c1cncn12)[C@@H]1COc2cc(C(F)F)ccc21. The summed E-state index contributed by atoms with van der Waals surface area (Å²) in [4.78, 5) is 22.7. The second kappa shape index (κ2) is 6.86. The molecular formula is C21H16F3N5O2. The Morgan fingerprint density at radius 3 is 2.87 bits per heavy atom. The maximum atomic E-state index is 14.8. The molecule has 0 spiro atoms. The minimum atomic E-state index is -2.62. The number of ether oxygens (including phenoxy) is 1. The number of anilines is 1. The normalized spacial score (nSPS) is 15.5. The van der Waals surface area contributed by atoms with Gasteiger partial charge in [-0.15, -0.1) is 0 Å². The van der Waals surface area contributed by atoms with Gasteiger partial charge in [-0.1, -0.05) is 12.1 Å². The zero-order valence-electron chi connectivity index (χ0n) is 16.2. The van der Waals surface area contributed by atoms with Crippen LogP contribution in [0.15, 0.2) is 42.9 Å². The van der Waals surface area contributed by atoms with E-state index in [2.05, 4.69) is 9.97 Å². The first-order chi connectivity index (χ1) is 14.8. The zero-order valence-corrected chi connectivity index (χ0v) is 16.2. The summed E-state index contributed by atoms with van der Waals surface area (Å²) >= 11 is 0. The molecule has 7 nitrogen and oxygen atoms in total. The van der Waals surface area contributed by atoms with Crippen molar-refractivity contribution in [2.75, 3.05) is 19.4 Å². The molecular weight excluding hydrogens is 411 g/mol. The number of alkyl halides is 2. The highest BCUT2D eigenvalue weighted by molar-refractivity contribution is 5.98. The number of aromatic nitrogens is 3. The van der Waals surface area contributed by atoms with Crippen LogP contribution in [0, 0.1) is 5.82 Å². The first-order valence-corrected chi connectivity index (χ1v) is 9.38. The van der Waals surface area contributed by atoms with Gasteiger partial charge in [0.15, 0.2) is 0 Å². The molecule has 2 aromatic heterocycles. The van der Waals surface area contributed by atoms with E-state index in [1.165, 1.54) is 48.7 Å². The summed E-state index contributed by atoms with van der Waals surface area (Å²) in [6, 6.07) is 6.09. The summed E-state index contributed by atoms with van der Waals surface area (Å²) in [6.45, 7) is 0.0866. The van der Waals surface area contributed by atoms with Gasteiger partial charge in [0.25, 0.3) is 12.3 Å². The zero-order chi connectivity index (χ0) is 21.9. The minimum Gasteiger partial charge on any atom is -0.491 e. The van der Waals surface area contributed by atoms with Gasteiger partial charge in [0.2, 0.25) is 0 Å². The average molecular weight is 427 g/mol. The van der Waals surface area contributed by atoms with Crippen LogP contribution < -0.4 is 10.5 Å². The summed E-state index contributed by atoms with van der Waals surface area (Å²) in [6.07, 6.45) is 0.411. The first kappa shape index (κ1) is 19.2. The highest BCUT2D eigenvalue weighted by Gasteiger charge is 2.32. The molecule has 158 valence electrons. The van der Waals surface area contributed by atoms with Crippen molar-refractivity contribution >= 4 is 28.3 Å². The Kier molecular flexibility index (Phi) is 4.24. The van der Waals surface area contributed by atoms with Gasteiger partial charge in [-0.05, 0) is 12.1 Å². The lowest BCUT2D eigenvalue weighted by Crippen LogP contribution is -2.32. The summed E-state index contributed by atoms with van der Waals surface area (Å²) in [5, 5.41) is 0. The monoisotopic (exact) mass is 427 g/mol. The number of nitrogens with zero attached hydrogens (tertiary/aromatic N) is 4. The van der Waals surface area contributed by atoms with Gasteiger partial charge in [0.1, 0.15) is 29.5 Å². The van der Waals surface area contributed by atoms with Crippen LogP contribution in [-0.2, 0) is 0 Å². The fourth-order valence-electron chi connectivity index (χ4n) is 3.86. The molecule has 0 bridgehead atoms. The molecule has 0 aliphatic carbocycles. The Morgan fingerprint density at radius 2 is 2.10 bits per heavy atom. The lowest BCUT2D eigenvalue weighted by atomic mass is 10.0. The molecule has 0 fully saturated rings. The lowest BCUT2D eigenvalue weighted by Gasteiger charge is -2.24. The third kappa shape index (κ3) is 2.94. The number of rotatable bonds is 3. The van der Waals surface area contributed by atoms with E-state index in [9.17, 15) is 18.0 Å². The summed E-state index contributed by atoms with van der Waals surface area (Å²) in [5.41, 5.74) is 7.46. The Morgan fingerprint density at radius 1 is 1.29 bits per heavy atom. The van der Waals surface area contributed by atoms with Crippen molar-refractivity contribution in [3.05, 3.63) is 65.4 Å². The maximum absolute atomic E-state index is 14.8. The third-order valence-corrected chi connectivity index (χ3v) is 5.53. The minimum absolute atomic E-state index is 0.0866. The number of likely N-dealkylation sites (N-methyl/N-ethyl adjacent to an activating group) is 1. The number of hydrogen-bond donors (Lipinski definition) is 1. The van der Waals surface area contributed by atoms with Gasteiger partial charge in [-0.25, -0.2) is 23.1 Å². The van der Waals surface area contributed by atoms with Crippen LogP contribution in [0.4, 0.5) is 19.0 Å². The van der Waals surface area contributed by atoms with Crippen LogP contribution in [0.1, 0.15) is 34.0 Å². The number of carbonyl (C=O) groups excluding carboxylic acids is 1. The molecule has 0 saturated heterocycles. The topological polar surface area (TPSA) is 85.8 Å². The number of imidazole rings is 1. The molecule has 10 heteroatoms. The van der Waals surface area contributed by atoms with Gasteiger partial charge < -0.3 is 15.4 Å². The molecule has 2 N–H and O–H groups in total. The van der Waals surface area contributed by atoms with Crippen molar-refractivity contribution in [3.63, 3.8) is 0 Å². The van der Waals surface area contributed by atoms with Crippen molar-refractivity contribution in [2.24, 2.45) is 0 Å². The number of nitrogen functional groups attached to an aromatic ring is 1. The molecule has 1 amide bonds. The Labute approximate surface area is 173 Å². The molecule has 0 radical (unpaired) electrons. The number of halogens is 3. The quantitative estimate of drug-likeness (QED) is 0.538. The summed E-state index contributed by atoms with van der Waals surface area (Å²) in [5.74, 6) is -0.837. The van der Waals surface area contributed by atoms with Crippen LogP contribution >= 0.6 is 0 Å². The average Bonchev–Trinajstić information content (AvgIpc) is 3.39. The summed E-state index contributed by atoms with van der Waals surface area (Å²) in [7, 11) is 1.52. The number of nitrogens with two attached hydrogens (primary N) is 1. The Balaban J connectivity index is 1.53. The molecule has 4 aromatic rings. The van der Waals surface area contributed by atoms with E-state index in [1.54, 1.807) is 4.40 Å². The molecule has 0 saturated carbocycles. The molecule has 2 aromatic carbocycles. The standard InChI is InChI=1S/C21H16F3N5O2/c1-28(17-8-31-18-4-10(19(23)24)2-3-11(17)18)21(30)12-5-15-14(6-13(12)22)27-20(25)16-7-26-9-29(15)16/h2-7,9,17,19H,8H2,1H3,(H2,25,27)/t17-/m1/s1. The second-order valence-electron chi connectivity index (χ2n) is 7.31. The predicted octanol–water partition coefficient (Wildman–Crippen LogP) is 3.75. The third-order valence-electron chi connectivity index (χ3n) is 5.53. The number of amides is 1. The van der Waals surface area contributed by atoms with Crippen LogP contribution in [0.2, 0.25) is 0 Å². The molecule has 1 aliphatic heterocycles. The highest BCUT2D eigenvalue weighted by Crippen LogP contribution is 2.38. The Hall–Kier alpha value is -3.82. The maximum Gasteiger partial charge on any atom is 0.263 e. The first-order valence-electron chi connectivity index (χ1n) is 9.38. The van der Waals surface area contributed by atoms with Crippen LogP contribution in [0.3, 0.4) is 0 Å². The van der Waals surface area contributed by atoms with Crippen molar-refractivity contribution in [2.45, 2.75) is 12.5 Å². The van der Waals surface area contributed by atoms with Gasteiger partial charge in [-0.3, -0.25) is 9.20 Å². The van der Waals surface area contributed by atoms with Gasteiger partial charge in [0, 0.05) is 24.2 Å². The number of fused-ring (bicyclic) bond motifs is 4. The van der Waals surface area contributed by atoms with Crippen LogP contribution in [-0.4, -0.2) is 38.8 Å². The van der Waals surface area contributed by atoms with Crippen LogP contribution in [0.5, 0.6) is 5.75 Å². The van der Waals surface area contributed by atoms with Crippen molar-refractivity contribution in [1.29, 1.82) is 0 Å². The molecule has 0 unspecified atom stereocenters. The second-order valence-corrected chi connectivity index (χ2v) is 7.31. The molecule has 5 rings (SSSR count). The number of benzene rings is 2. The van der Waals surface area contributed by atoms with Crippen molar-refractivity contribution < 1.29 is 22.7 Å². The van der Waals surface area contributed by atoms with E-state index >= 15 is 0 Å². The molecule has 1 aliphatic rings. The largest absolute Gasteiger partial charge is 0.491 e. The molecule has 3 heterocycles. The van der Waals surface area contributed by atoms with Gasteiger partial charge in [-0.2, -0.15) is 0 Å². The number of hydrogen-bond acceptors (Lipinski definition) is 5. The highest BCUT2D eigenvalue weighted by atomic mass is 19.3. The Bertz CT molecular complexity index is 1350. The number of carbonyl (C=O) groups is 1. The van der Waals surface area contributed by atoms with E-state index in [0.29, 0.717) is 22.3 Å². The lowest BCUT2D eigenvalue weighted by molar-refractivity contribution is 0.0704. The van der Waals surface area contributed by atoms with Crippen LogP contribution in [0.25, 0.3) is 16.6 Å². The van der Waals surface area contributed by atoms with E-state index in [-0.39, 0.29) is 29.1 Å².